The number of nitrogens with zero attached hydrogens (tertiary/aromatic N) is 5. The van der Waals surface area contributed by atoms with Crippen molar-refractivity contribution in [2.75, 3.05) is 21.4 Å². The standard InChI is InChI=1S/C52H45N5OS2/c1-51(2,3)33-18-21-41-40(26-33)39-20-19-38(31-44(39)56(41)49-27-34(22-23-53-49)52(4,5)6)58-37-13-11-12-35(28-37)54-24-25-55(32-54)36-29-47-50-48(30-36)60-46-17-10-8-15-43(46)57(50)42-14-7-9-16-45(42)59-47/h7-31H,32H2,1-6H3. The minimum absolute atomic E-state index is 0.00683. The number of benzene rings is 6. The van der Waals surface area contributed by atoms with Crippen molar-refractivity contribution in [1.82, 2.24) is 9.55 Å². The second kappa shape index (κ2) is 13.7. The second-order valence-corrected chi connectivity index (χ2v) is 20.1. The smallest absolute Gasteiger partial charge is 0.137 e. The van der Waals surface area contributed by atoms with E-state index >= 15 is 0 Å². The van der Waals surface area contributed by atoms with Gasteiger partial charge in [0.05, 0.1) is 34.8 Å². The van der Waals surface area contributed by atoms with Gasteiger partial charge in [0.2, 0.25) is 0 Å². The monoisotopic (exact) mass is 819 g/mol. The minimum Gasteiger partial charge on any atom is -0.457 e. The SMILES string of the molecule is CC(C)(C)c1ccnc(-n2c3ccc(C(C)(C)C)cc3c3ccc(Oc4cccc(N5C=CN(c6cc7c8c(c6)Sc6ccccc6N8c6ccccc6S7)C5)c4)cc32)c1. The number of para-hydroxylation sites is 2. The highest BCUT2D eigenvalue weighted by atomic mass is 32.2. The summed E-state index contributed by atoms with van der Waals surface area (Å²) in [6, 6.07) is 48.2. The van der Waals surface area contributed by atoms with Crippen LogP contribution in [0.15, 0.2) is 172 Å². The fraction of sp³-hybridized carbons (Fsp3) is 0.173. The van der Waals surface area contributed by atoms with Crippen molar-refractivity contribution in [3.63, 3.8) is 0 Å². The van der Waals surface area contributed by atoms with Gasteiger partial charge in [0.15, 0.2) is 0 Å². The van der Waals surface area contributed by atoms with Crippen LogP contribution in [0.25, 0.3) is 27.6 Å². The van der Waals surface area contributed by atoms with Gasteiger partial charge >= 0.3 is 0 Å². The van der Waals surface area contributed by atoms with E-state index in [4.69, 9.17) is 9.72 Å². The van der Waals surface area contributed by atoms with E-state index < -0.39 is 0 Å². The molecular weight excluding hydrogens is 775 g/mol. The molecule has 0 N–H and O–H groups in total. The molecule has 60 heavy (non-hydrogen) atoms. The Balaban J connectivity index is 0.898. The van der Waals surface area contributed by atoms with Gasteiger partial charge in [-0.05, 0) is 107 Å². The Kier molecular flexibility index (Phi) is 8.45. The average molecular weight is 820 g/mol. The van der Waals surface area contributed by atoms with Crippen LogP contribution >= 0.6 is 23.5 Å². The highest BCUT2D eigenvalue weighted by molar-refractivity contribution is 8.00. The van der Waals surface area contributed by atoms with E-state index in [1.807, 2.05) is 35.8 Å². The maximum Gasteiger partial charge on any atom is 0.137 e. The molecule has 296 valence electrons. The molecule has 0 bridgehead atoms. The Morgan fingerprint density at radius 1 is 0.533 bits per heavy atom. The van der Waals surface area contributed by atoms with Crippen molar-refractivity contribution in [3.05, 3.63) is 163 Å². The number of pyridine rings is 1. The van der Waals surface area contributed by atoms with Gasteiger partial charge in [-0.2, -0.15) is 0 Å². The Hall–Kier alpha value is -6.09. The Bertz CT molecular complexity index is 2990. The molecule has 0 aliphatic carbocycles. The summed E-state index contributed by atoms with van der Waals surface area (Å²) in [6.45, 7) is 14.2. The first-order chi connectivity index (χ1) is 29.0. The Morgan fingerprint density at radius 3 is 1.88 bits per heavy atom. The zero-order chi connectivity index (χ0) is 40.9. The van der Waals surface area contributed by atoms with Crippen LogP contribution in [0.1, 0.15) is 52.7 Å². The van der Waals surface area contributed by atoms with Gasteiger partial charge in [-0.3, -0.25) is 4.57 Å². The molecule has 0 spiro atoms. The number of fused-ring (bicyclic) bond motifs is 7. The molecule has 2 aromatic heterocycles. The molecule has 0 unspecified atom stereocenters. The molecule has 0 amide bonds. The van der Waals surface area contributed by atoms with E-state index in [2.05, 4.69) is 201 Å². The zero-order valence-electron chi connectivity index (χ0n) is 34.6. The van der Waals surface area contributed by atoms with Gasteiger partial charge in [0, 0.05) is 72.5 Å². The molecule has 8 heteroatoms. The molecule has 0 fully saturated rings. The lowest BCUT2D eigenvalue weighted by atomic mass is 9.86. The lowest BCUT2D eigenvalue weighted by Crippen LogP contribution is -2.25. The van der Waals surface area contributed by atoms with Crippen LogP contribution in [-0.2, 0) is 10.8 Å². The number of anilines is 5. The molecule has 6 aromatic carbocycles. The zero-order valence-corrected chi connectivity index (χ0v) is 36.2. The molecule has 5 heterocycles. The molecule has 11 rings (SSSR count). The van der Waals surface area contributed by atoms with Crippen LogP contribution < -0.4 is 19.4 Å². The highest BCUT2D eigenvalue weighted by Crippen LogP contribution is 2.60. The molecular formula is C52H45N5OS2. The number of ether oxygens (including phenoxy) is 1. The summed E-state index contributed by atoms with van der Waals surface area (Å²) < 4.78 is 8.99. The van der Waals surface area contributed by atoms with Gasteiger partial charge in [-0.1, -0.05) is 101 Å². The van der Waals surface area contributed by atoms with E-state index in [0.717, 1.165) is 34.0 Å². The highest BCUT2D eigenvalue weighted by Gasteiger charge is 2.34. The van der Waals surface area contributed by atoms with Crippen LogP contribution in [0.2, 0.25) is 0 Å². The number of aromatic nitrogens is 2. The molecule has 0 saturated carbocycles. The van der Waals surface area contributed by atoms with Crippen LogP contribution in [0, 0.1) is 0 Å². The topological polar surface area (TPSA) is 36.8 Å². The predicted octanol–water partition coefficient (Wildman–Crippen LogP) is 14.7. The Labute approximate surface area is 360 Å². The van der Waals surface area contributed by atoms with Crippen molar-refractivity contribution in [1.29, 1.82) is 0 Å². The maximum absolute atomic E-state index is 6.70. The summed E-state index contributed by atoms with van der Waals surface area (Å²) in [4.78, 5) is 17.1. The first kappa shape index (κ1) is 36.9. The summed E-state index contributed by atoms with van der Waals surface area (Å²) in [6.07, 6.45) is 6.28. The van der Waals surface area contributed by atoms with Gasteiger partial charge in [0.25, 0.3) is 0 Å². The third-order valence-electron chi connectivity index (χ3n) is 11.8. The van der Waals surface area contributed by atoms with Crippen LogP contribution in [-0.4, -0.2) is 16.2 Å². The van der Waals surface area contributed by atoms with Crippen molar-refractivity contribution >= 4 is 73.8 Å². The number of hydrogen-bond donors (Lipinski definition) is 0. The van der Waals surface area contributed by atoms with Crippen molar-refractivity contribution in [2.24, 2.45) is 0 Å². The van der Waals surface area contributed by atoms with Gasteiger partial charge in [-0.15, -0.1) is 0 Å². The summed E-state index contributed by atoms with van der Waals surface area (Å²) in [5.41, 5.74) is 10.8. The second-order valence-electron chi connectivity index (χ2n) is 17.9. The summed E-state index contributed by atoms with van der Waals surface area (Å²) >= 11 is 3.72. The van der Waals surface area contributed by atoms with Crippen LogP contribution in [0.3, 0.4) is 0 Å². The van der Waals surface area contributed by atoms with Crippen LogP contribution in [0.4, 0.5) is 28.4 Å². The van der Waals surface area contributed by atoms with Gasteiger partial charge < -0.3 is 19.4 Å². The maximum atomic E-state index is 6.70. The minimum atomic E-state index is -0.00683. The van der Waals surface area contributed by atoms with E-state index in [-0.39, 0.29) is 10.8 Å². The van der Waals surface area contributed by atoms with Gasteiger partial charge in [-0.25, -0.2) is 4.98 Å². The van der Waals surface area contributed by atoms with E-state index in [1.54, 1.807) is 0 Å². The first-order valence-corrected chi connectivity index (χ1v) is 22.2. The average Bonchev–Trinajstić information content (AvgIpc) is 3.86. The summed E-state index contributed by atoms with van der Waals surface area (Å²) in [7, 11) is 0. The number of hydrogen-bond acceptors (Lipinski definition) is 7. The van der Waals surface area contributed by atoms with E-state index in [0.29, 0.717) is 6.67 Å². The molecule has 8 aromatic rings. The summed E-state index contributed by atoms with van der Waals surface area (Å²) in [5, 5.41) is 2.39. The molecule has 3 aliphatic heterocycles. The number of rotatable bonds is 5. The molecule has 0 saturated heterocycles. The first-order valence-electron chi connectivity index (χ1n) is 20.5. The van der Waals surface area contributed by atoms with Gasteiger partial charge in [0.1, 0.15) is 17.3 Å². The normalized spacial score (nSPS) is 14.5. The van der Waals surface area contributed by atoms with Crippen molar-refractivity contribution < 1.29 is 4.74 Å². The quantitative estimate of drug-likeness (QED) is 0.171. The predicted molar refractivity (Wildman–Crippen MR) is 251 cm³/mol. The Morgan fingerprint density at radius 2 is 1.18 bits per heavy atom. The van der Waals surface area contributed by atoms with Crippen molar-refractivity contribution in [2.45, 2.75) is 72.0 Å². The van der Waals surface area contributed by atoms with Crippen LogP contribution in [0.5, 0.6) is 11.5 Å². The fourth-order valence-electron chi connectivity index (χ4n) is 8.58. The lowest BCUT2D eigenvalue weighted by Gasteiger charge is -2.39. The largest absolute Gasteiger partial charge is 0.457 e. The molecule has 0 atom stereocenters. The lowest BCUT2D eigenvalue weighted by molar-refractivity contribution is 0.483. The third-order valence-corrected chi connectivity index (χ3v) is 14.0. The molecule has 0 radical (unpaired) electrons. The third kappa shape index (κ3) is 6.23. The molecule has 3 aliphatic rings. The summed E-state index contributed by atoms with van der Waals surface area (Å²) in [5.74, 6) is 2.47. The van der Waals surface area contributed by atoms with E-state index in [9.17, 15) is 0 Å². The van der Waals surface area contributed by atoms with Crippen molar-refractivity contribution in [3.8, 4) is 17.3 Å². The fourth-order valence-corrected chi connectivity index (χ4v) is 10.9. The van der Waals surface area contributed by atoms with E-state index in [1.165, 1.54) is 64.2 Å². The molecule has 6 nitrogen and oxygen atoms in total.